The number of methoxy groups -OCH3 is 2. The molecule has 0 aliphatic heterocycles. The van der Waals surface area contributed by atoms with Crippen molar-refractivity contribution >= 4 is 6.03 Å². The molecular weight excluding hydrogens is 280 g/mol. The van der Waals surface area contributed by atoms with E-state index < -0.39 is 0 Å². The van der Waals surface area contributed by atoms with Crippen molar-refractivity contribution in [2.24, 2.45) is 0 Å². The molecule has 122 valence electrons. The van der Waals surface area contributed by atoms with Gasteiger partial charge in [0.25, 0.3) is 0 Å². The molecule has 1 saturated carbocycles. The van der Waals surface area contributed by atoms with Gasteiger partial charge in [-0.3, -0.25) is 0 Å². The average molecular weight is 306 g/mol. The second kappa shape index (κ2) is 7.92. The zero-order valence-corrected chi connectivity index (χ0v) is 13.7. The van der Waals surface area contributed by atoms with Crippen LogP contribution in [0.1, 0.15) is 36.8 Å². The maximum Gasteiger partial charge on any atom is 0.315 e. The van der Waals surface area contributed by atoms with E-state index in [1.165, 1.54) is 12.8 Å². The van der Waals surface area contributed by atoms with Gasteiger partial charge >= 0.3 is 6.03 Å². The first kappa shape index (κ1) is 16.5. The van der Waals surface area contributed by atoms with E-state index in [0.29, 0.717) is 19.0 Å². The molecule has 0 saturated heterocycles. The number of ether oxygens (including phenoxy) is 2. The molecular formula is C17H26N2O3. The monoisotopic (exact) mass is 306 g/mol. The molecule has 1 fully saturated rings. The van der Waals surface area contributed by atoms with Gasteiger partial charge in [-0.2, -0.15) is 0 Å². The molecule has 0 aromatic heterocycles. The highest BCUT2D eigenvalue weighted by Crippen LogP contribution is 2.28. The lowest BCUT2D eigenvalue weighted by Crippen LogP contribution is -2.41. The van der Waals surface area contributed by atoms with Gasteiger partial charge in [0.2, 0.25) is 0 Å². The van der Waals surface area contributed by atoms with Gasteiger partial charge in [-0.15, -0.1) is 0 Å². The van der Waals surface area contributed by atoms with Gasteiger partial charge in [0, 0.05) is 12.6 Å². The summed E-state index contributed by atoms with van der Waals surface area (Å²) in [5.41, 5.74) is 2.07. The van der Waals surface area contributed by atoms with Crippen molar-refractivity contribution in [2.45, 2.75) is 45.1 Å². The predicted octanol–water partition coefficient (Wildman–Crippen LogP) is 2.80. The number of aryl methyl sites for hydroxylation is 1. The summed E-state index contributed by atoms with van der Waals surface area (Å²) in [4.78, 5) is 11.8. The predicted molar refractivity (Wildman–Crippen MR) is 86.8 cm³/mol. The highest BCUT2D eigenvalue weighted by Gasteiger charge is 2.16. The first-order valence-electron chi connectivity index (χ1n) is 7.90. The highest BCUT2D eigenvalue weighted by molar-refractivity contribution is 5.74. The number of rotatable bonds is 6. The van der Waals surface area contributed by atoms with Crippen LogP contribution < -0.4 is 20.1 Å². The maximum atomic E-state index is 11.8. The molecule has 2 rings (SSSR count). The molecule has 1 aliphatic rings. The SMILES string of the molecule is COc1cc(CCNC(=O)NC2CCCC2)c(OC)cc1C. The van der Waals surface area contributed by atoms with Gasteiger partial charge in [-0.05, 0) is 49.4 Å². The molecule has 22 heavy (non-hydrogen) atoms. The molecule has 2 amide bonds. The van der Waals surface area contributed by atoms with Crippen molar-refractivity contribution in [1.82, 2.24) is 10.6 Å². The number of benzene rings is 1. The lowest BCUT2D eigenvalue weighted by Gasteiger charge is -2.15. The Morgan fingerprint density at radius 1 is 1.18 bits per heavy atom. The van der Waals surface area contributed by atoms with Crippen LogP contribution in [0.4, 0.5) is 4.79 Å². The summed E-state index contributed by atoms with van der Waals surface area (Å²) in [5.74, 6) is 1.67. The molecule has 5 nitrogen and oxygen atoms in total. The van der Waals surface area contributed by atoms with Crippen molar-refractivity contribution in [3.63, 3.8) is 0 Å². The third kappa shape index (κ3) is 4.29. The summed E-state index contributed by atoms with van der Waals surface area (Å²) in [7, 11) is 3.32. The fraction of sp³-hybridized carbons (Fsp3) is 0.588. The Bertz CT molecular complexity index is 511. The minimum absolute atomic E-state index is 0.0788. The minimum Gasteiger partial charge on any atom is -0.496 e. The Morgan fingerprint density at radius 3 is 2.50 bits per heavy atom. The molecule has 0 unspecified atom stereocenters. The van der Waals surface area contributed by atoms with E-state index >= 15 is 0 Å². The summed E-state index contributed by atoms with van der Waals surface area (Å²) < 4.78 is 10.8. The van der Waals surface area contributed by atoms with Crippen LogP contribution in [-0.2, 0) is 6.42 Å². The second-order valence-electron chi connectivity index (χ2n) is 5.77. The Kier molecular flexibility index (Phi) is 5.92. The fourth-order valence-electron chi connectivity index (χ4n) is 2.93. The van der Waals surface area contributed by atoms with Crippen LogP contribution in [-0.4, -0.2) is 32.8 Å². The number of amides is 2. The molecule has 1 aromatic rings. The Hall–Kier alpha value is -1.91. The molecule has 0 atom stereocenters. The van der Waals surface area contributed by atoms with E-state index in [9.17, 15) is 4.79 Å². The zero-order chi connectivity index (χ0) is 15.9. The third-order valence-electron chi connectivity index (χ3n) is 4.17. The molecule has 1 aliphatic carbocycles. The van der Waals surface area contributed by atoms with E-state index in [4.69, 9.17) is 9.47 Å². The topological polar surface area (TPSA) is 59.6 Å². The number of carbonyl (C=O) groups is 1. The first-order valence-corrected chi connectivity index (χ1v) is 7.90. The van der Waals surface area contributed by atoms with Crippen molar-refractivity contribution in [2.75, 3.05) is 20.8 Å². The third-order valence-corrected chi connectivity index (χ3v) is 4.17. The van der Waals surface area contributed by atoms with Gasteiger partial charge in [0.05, 0.1) is 14.2 Å². The lowest BCUT2D eigenvalue weighted by molar-refractivity contribution is 0.237. The van der Waals surface area contributed by atoms with Gasteiger partial charge in [-0.1, -0.05) is 12.8 Å². The van der Waals surface area contributed by atoms with Gasteiger partial charge in [0.1, 0.15) is 11.5 Å². The van der Waals surface area contributed by atoms with Crippen LogP contribution in [0.15, 0.2) is 12.1 Å². The fourth-order valence-corrected chi connectivity index (χ4v) is 2.93. The maximum absolute atomic E-state index is 11.8. The van der Waals surface area contributed by atoms with Crippen LogP contribution in [0.5, 0.6) is 11.5 Å². The van der Waals surface area contributed by atoms with Crippen molar-refractivity contribution in [3.8, 4) is 11.5 Å². The Balaban J connectivity index is 1.86. The Labute approximate surface area is 132 Å². The smallest absolute Gasteiger partial charge is 0.315 e. The number of nitrogens with one attached hydrogen (secondary N) is 2. The summed E-state index contributed by atoms with van der Waals surface area (Å²) >= 11 is 0. The summed E-state index contributed by atoms with van der Waals surface area (Å²) in [6.07, 6.45) is 5.32. The lowest BCUT2D eigenvalue weighted by atomic mass is 10.1. The van der Waals surface area contributed by atoms with Gasteiger partial charge < -0.3 is 20.1 Å². The Morgan fingerprint density at radius 2 is 1.86 bits per heavy atom. The van der Waals surface area contributed by atoms with E-state index in [0.717, 1.165) is 35.5 Å². The molecule has 0 heterocycles. The normalized spacial score (nSPS) is 14.7. The van der Waals surface area contributed by atoms with Crippen molar-refractivity contribution < 1.29 is 14.3 Å². The second-order valence-corrected chi connectivity index (χ2v) is 5.77. The van der Waals surface area contributed by atoms with E-state index in [2.05, 4.69) is 10.6 Å². The van der Waals surface area contributed by atoms with Crippen molar-refractivity contribution in [3.05, 3.63) is 23.3 Å². The summed E-state index contributed by atoms with van der Waals surface area (Å²) in [5, 5.41) is 5.93. The van der Waals surface area contributed by atoms with Crippen LogP contribution >= 0.6 is 0 Å². The van der Waals surface area contributed by atoms with E-state index in [1.807, 2.05) is 19.1 Å². The van der Waals surface area contributed by atoms with Crippen LogP contribution in [0.25, 0.3) is 0 Å². The molecule has 5 heteroatoms. The largest absolute Gasteiger partial charge is 0.496 e. The zero-order valence-electron chi connectivity index (χ0n) is 13.7. The minimum atomic E-state index is -0.0788. The average Bonchev–Trinajstić information content (AvgIpc) is 3.01. The molecule has 1 aromatic carbocycles. The van der Waals surface area contributed by atoms with Crippen LogP contribution in [0.3, 0.4) is 0 Å². The summed E-state index contributed by atoms with van der Waals surface area (Å²) in [6.45, 7) is 2.56. The number of hydrogen-bond acceptors (Lipinski definition) is 3. The number of hydrogen-bond donors (Lipinski definition) is 2. The molecule has 0 bridgehead atoms. The first-order chi connectivity index (χ1) is 10.6. The van der Waals surface area contributed by atoms with Gasteiger partial charge in [0.15, 0.2) is 0 Å². The highest BCUT2D eigenvalue weighted by atomic mass is 16.5. The van der Waals surface area contributed by atoms with Crippen LogP contribution in [0.2, 0.25) is 0 Å². The van der Waals surface area contributed by atoms with Crippen LogP contribution in [0, 0.1) is 6.92 Å². The number of carbonyl (C=O) groups excluding carboxylic acids is 1. The molecule has 0 radical (unpaired) electrons. The molecule has 0 spiro atoms. The summed E-state index contributed by atoms with van der Waals surface area (Å²) in [6, 6.07) is 4.20. The quantitative estimate of drug-likeness (QED) is 0.849. The number of urea groups is 1. The van der Waals surface area contributed by atoms with Gasteiger partial charge in [-0.25, -0.2) is 4.79 Å². The molecule has 2 N–H and O–H groups in total. The standard InChI is InChI=1S/C17H26N2O3/c1-12-10-16(22-3)13(11-15(12)21-2)8-9-18-17(20)19-14-6-4-5-7-14/h10-11,14H,4-9H2,1-3H3,(H2,18,19,20). The van der Waals surface area contributed by atoms with Crippen molar-refractivity contribution in [1.29, 1.82) is 0 Å². The van der Waals surface area contributed by atoms with E-state index in [-0.39, 0.29) is 6.03 Å². The van der Waals surface area contributed by atoms with E-state index in [1.54, 1.807) is 14.2 Å².